The molecule has 0 aliphatic carbocycles. The number of rotatable bonds is 3. The van der Waals surface area contributed by atoms with E-state index >= 15 is 0 Å². The van der Waals surface area contributed by atoms with E-state index in [9.17, 15) is 14.0 Å². The van der Waals surface area contributed by atoms with Crippen molar-refractivity contribution in [3.63, 3.8) is 0 Å². The van der Waals surface area contributed by atoms with Crippen molar-refractivity contribution in [2.75, 3.05) is 0 Å². The first-order valence-electron chi connectivity index (χ1n) is 5.35. The van der Waals surface area contributed by atoms with Crippen LogP contribution in [0, 0.1) is 5.82 Å². The van der Waals surface area contributed by atoms with Gasteiger partial charge in [-0.2, -0.15) is 0 Å². The minimum absolute atomic E-state index is 0.0774. The van der Waals surface area contributed by atoms with E-state index in [1.54, 1.807) is 0 Å². The van der Waals surface area contributed by atoms with Gasteiger partial charge >= 0.3 is 5.97 Å². The molecule has 19 heavy (non-hydrogen) atoms. The number of aromatic carboxylic acids is 1. The fraction of sp³-hybridized carbons (Fsp3) is 0.0769. The van der Waals surface area contributed by atoms with Crippen molar-refractivity contribution in [2.24, 2.45) is 0 Å². The van der Waals surface area contributed by atoms with Gasteiger partial charge in [-0.1, -0.05) is 17.7 Å². The Hall–Kier alpha value is -2.14. The summed E-state index contributed by atoms with van der Waals surface area (Å²) in [5.41, 5.74) is 0.0417. The topological polar surface area (TPSA) is 59.3 Å². The van der Waals surface area contributed by atoms with Crippen LogP contribution in [0.2, 0.25) is 5.02 Å². The Morgan fingerprint density at radius 3 is 2.63 bits per heavy atom. The van der Waals surface area contributed by atoms with Gasteiger partial charge in [0, 0.05) is 17.3 Å². The summed E-state index contributed by atoms with van der Waals surface area (Å²) in [5.74, 6) is -1.62. The van der Waals surface area contributed by atoms with E-state index in [1.807, 2.05) is 0 Å². The van der Waals surface area contributed by atoms with Crippen molar-refractivity contribution in [1.29, 1.82) is 0 Å². The maximum absolute atomic E-state index is 12.9. The second kappa shape index (κ2) is 5.24. The second-order valence-corrected chi connectivity index (χ2v) is 4.33. The Labute approximate surface area is 112 Å². The van der Waals surface area contributed by atoms with E-state index in [2.05, 4.69) is 0 Å². The third-order valence-corrected chi connectivity index (χ3v) is 2.95. The summed E-state index contributed by atoms with van der Waals surface area (Å²) in [7, 11) is 0. The highest BCUT2D eigenvalue weighted by Gasteiger charge is 2.07. The van der Waals surface area contributed by atoms with Gasteiger partial charge in [0.2, 0.25) is 0 Å². The zero-order valence-electron chi connectivity index (χ0n) is 9.64. The van der Waals surface area contributed by atoms with Crippen molar-refractivity contribution in [1.82, 2.24) is 4.57 Å². The predicted molar refractivity (Wildman–Crippen MR) is 68.2 cm³/mol. The van der Waals surface area contributed by atoms with Crippen molar-refractivity contribution < 1.29 is 14.3 Å². The lowest BCUT2D eigenvalue weighted by Gasteiger charge is -2.07. The predicted octanol–water partition coefficient (Wildman–Crippen LogP) is 2.39. The van der Waals surface area contributed by atoms with Crippen molar-refractivity contribution in [2.45, 2.75) is 6.54 Å². The Kier molecular flexibility index (Phi) is 3.66. The van der Waals surface area contributed by atoms with Crippen LogP contribution in [-0.4, -0.2) is 15.6 Å². The molecule has 2 rings (SSSR count). The lowest BCUT2D eigenvalue weighted by Crippen LogP contribution is -2.21. The molecule has 1 N–H and O–H groups in total. The summed E-state index contributed by atoms with van der Waals surface area (Å²) in [4.78, 5) is 22.4. The lowest BCUT2D eigenvalue weighted by atomic mass is 10.2. The molecule has 0 atom stereocenters. The third-order valence-electron chi connectivity index (χ3n) is 2.60. The van der Waals surface area contributed by atoms with E-state index in [0.717, 1.165) is 12.1 Å². The van der Waals surface area contributed by atoms with Crippen LogP contribution in [0.3, 0.4) is 0 Å². The van der Waals surface area contributed by atoms with Crippen LogP contribution in [0.5, 0.6) is 0 Å². The summed E-state index contributed by atoms with van der Waals surface area (Å²) in [5, 5.41) is 8.97. The van der Waals surface area contributed by atoms with E-state index in [4.69, 9.17) is 16.7 Å². The normalized spacial score (nSPS) is 10.4. The summed E-state index contributed by atoms with van der Waals surface area (Å²) in [6.07, 6.45) is 1.37. The Balaban J connectivity index is 2.34. The molecule has 0 radical (unpaired) electrons. The number of hydrogen-bond donors (Lipinski definition) is 1. The van der Waals surface area contributed by atoms with Gasteiger partial charge in [-0.25, -0.2) is 9.18 Å². The number of hydrogen-bond acceptors (Lipinski definition) is 2. The van der Waals surface area contributed by atoms with Gasteiger partial charge in [-0.3, -0.25) is 4.79 Å². The number of benzene rings is 1. The molecule has 1 aromatic heterocycles. The first-order valence-corrected chi connectivity index (χ1v) is 5.73. The van der Waals surface area contributed by atoms with E-state index < -0.39 is 17.3 Å². The van der Waals surface area contributed by atoms with Gasteiger partial charge in [0.15, 0.2) is 0 Å². The molecule has 0 saturated heterocycles. The molecular weight excluding hydrogens is 273 g/mol. The van der Waals surface area contributed by atoms with Crippen molar-refractivity contribution in [3.8, 4) is 0 Å². The highest BCUT2D eigenvalue weighted by atomic mass is 35.5. The number of carboxylic acid groups (broad SMARTS) is 1. The molecule has 0 unspecified atom stereocenters. The molecule has 1 heterocycles. The number of pyridine rings is 1. The quantitative estimate of drug-likeness (QED) is 0.940. The smallest absolute Gasteiger partial charge is 0.335 e. The molecule has 1 aromatic carbocycles. The maximum atomic E-state index is 12.9. The standard InChI is InChI=1S/C13H9ClFNO3/c14-11-6-10(15)2-1-9(11)7-16-4-3-8(13(18)19)5-12(16)17/h1-6H,7H2,(H,18,19). The molecule has 0 bridgehead atoms. The lowest BCUT2D eigenvalue weighted by molar-refractivity contribution is 0.0696. The molecule has 6 heteroatoms. The van der Waals surface area contributed by atoms with Gasteiger partial charge < -0.3 is 9.67 Å². The number of carboxylic acids is 1. The van der Waals surface area contributed by atoms with Crippen LogP contribution in [0.4, 0.5) is 4.39 Å². The van der Waals surface area contributed by atoms with E-state index in [0.29, 0.717) is 5.56 Å². The Morgan fingerprint density at radius 1 is 1.32 bits per heavy atom. The highest BCUT2D eigenvalue weighted by molar-refractivity contribution is 6.31. The van der Waals surface area contributed by atoms with Crippen molar-refractivity contribution >= 4 is 17.6 Å². The van der Waals surface area contributed by atoms with Crippen LogP contribution >= 0.6 is 11.6 Å². The average Bonchev–Trinajstić information content (AvgIpc) is 2.34. The monoisotopic (exact) mass is 281 g/mol. The molecular formula is C13H9ClFNO3. The van der Waals surface area contributed by atoms with Gasteiger partial charge in [0.05, 0.1) is 12.1 Å². The first kappa shape index (κ1) is 13.3. The molecule has 0 saturated carbocycles. The number of halogens is 2. The Morgan fingerprint density at radius 2 is 2.05 bits per heavy atom. The molecule has 0 aliphatic rings. The SMILES string of the molecule is O=C(O)c1ccn(Cc2ccc(F)cc2Cl)c(=O)c1. The molecule has 0 fully saturated rings. The zero-order chi connectivity index (χ0) is 14.0. The van der Waals surface area contributed by atoms with Crippen LogP contribution < -0.4 is 5.56 Å². The molecule has 0 spiro atoms. The average molecular weight is 282 g/mol. The molecule has 0 aliphatic heterocycles. The van der Waals surface area contributed by atoms with E-state index in [-0.39, 0.29) is 17.1 Å². The number of carbonyl (C=O) groups is 1. The summed E-state index contributed by atoms with van der Waals surface area (Å²) >= 11 is 5.86. The number of nitrogens with zero attached hydrogens (tertiary/aromatic N) is 1. The van der Waals surface area contributed by atoms with Gasteiger partial charge in [-0.15, -0.1) is 0 Å². The third kappa shape index (κ3) is 3.00. The minimum Gasteiger partial charge on any atom is -0.478 e. The van der Waals surface area contributed by atoms with Gasteiger partial charge in [0.25, 0.3) is 5.56 Å². The summed E-state index contributed by atoms with van der Waals surface area (Å²) < 4.78 is 14.2. The molecule has 98 valence electrons. The van der Waals surface area contributed by atoms with Crippen LogP contribution in [0.15, 0.2) is 41.3 Å². The first-order chi connectivity index (χ1) is 8.97. The van der Waals surface area contributed by atoms with Crippen LogP contribution in [0.1, 0.15) is 15.9 Å². The molecule has 4 nitrogen and oxygen atoms in total. The van der Waals surface area contributed by atoms with Crippen LogP contribution in [0.25, 0.3) is 0 Å². The summed E-state index contributed by atoms with van der Waals surface area (Å²) in [6, 6.07) is 6.24. The van der Waals surface area contributed by atoms with Gasteiger partial charge in [-0.05, 0) is 23.8 Å². The fourth-order valence-corrected chi connectivity index (χ4v) is 1.83. The maximum Gasteiger partial charge on any atom is 0.335 e. The Bertz CT molecular complexity index is 697. The fourth-order valence-electron chi connectivity index (χ4n) is 1.60. The zero-order valence-corrected chi connectivity index (χ0v) is 10.4. The molecule has 2 aromatic rings. The second-order valence-electron chi connectivity index (χ2n) is 3.92. The van der Waals surface area contributed by atoms with Gasteiger partial charge in [0.1, 0.15) is 5.82 Å². The van der Waals surface area contributed by atoms with Crippen molar-refractivity contribution in [3.05, 3.63) is 68.8 Å². The minimum atomic E-state index is -1.16. The summed E-state index contributed by atoms with van der Waals surface area (Å²) in [6.45, 7) is 0.151. The van der Waals surface area contributed by atoms with E-state index in [1.165, 1.54) is 29.0 Å². The highest BCUT2D eigenvalue weighted by Crippen LogP contribution is 2.17. The van der Waals surface area contributed by atoms with Crippen LogP contribution in [-0.2, 0) is 6.54 Å². The largest absolute Gasteiger partial charge is 0.478 e. The number of aromatic nitrogens is 1. The molecule has 0 amide bonds.